The van der Waals surface area contributed by atoms with Crippen LogP contribution in [0.4, 0.5) is 4.79 Å². The Morgan fingerprint density at radius 1 is 1.25 bits per heavy atom. The predicted molar refractivity (Wildman–Crippen MR) is 84.5 cm³/mol. The Morgan fingerprint density at radius 2 is 1.88 bits per heavy atom. The number of carbonyl (C=O) groups excluding carboxylic acids is 3. The maximum Gasteiger partial charge on any atom is 0.324 e. The molecule has 0 unspecified atom stereocenters. The molecule has 0 bridgehead atoms. The Balaban J connectivity index is 2.73. The lowest BCUT2D eigenvalue weighted by Gasteiger charge is -2.17. The van der Waals surface area contributed by atoms with Gasteiger partial charge in [0.2, 0.25) is 10.0 Å². The summed E-state index contributed by atoms with van der Waals surface area (Å²) in [5.41, 5.74) is 4.77. The summed E-state index contributed by atoms with van der Waals surface area (Å²) in [6.07, 6.45) is -1.33. The largest absolute Gasteiger partial charge is 0.451 e. The van der Waals surface area contributed by atoms with E-state index in [1.165, 1.54) is 38.1 Å². The molecule has 0 aromatic heterocycles. The Labute approximate surface area is 143 Å². The van der Waals surface area contributed by atoms with Crippen LogP contribution in [0.25, 0.3) is 0 Å². The van der Waals surface area contributed by atoms with Crippen LogP contribution in [-0.2, 0) is 24.3 Å². The minimum Gasteiger partial charge on any atom is -0.451 e. The van der Waals surface area contributed by atoms with Crippen LogP contribution in [-0.4, -0.2) is 38.5 Å². The first kappa shape index (κ1) is 19.9. The normalized spacial score (nSPS) is 13.6. The Kier molecular flexibility index (Phi) is 6.70. The molecule has 0 heterocycles. The summed E-state index contributed by atoms with van der Waals surface area (Å²) in [7, 11) is -4.01. The van der Waals surface area contributed by atoms with Crippen molar-refractivity contribution in [3.8, 4) is 0 Å². The fourth-order valence-electron chi connectivity index (χ4n) is 1.54. The van der Waals surface area contributed by atoms with Gasteiger partial charge in [-0.3, -0.25) is 14.9 Å². The van der Waals surface area contributed by atoms with Gasteiger partial charge in [0.15, 0.2) is 6.10 Å². The van der Waals surface area contributed by atoms with Crippen molar-refractivity contribution in [3.05, 3.63) is 29.3 Å². The fraction of sp³-hybridized carbons (Fsp3) is 0.308. The van der Waals surface area contributed by atoms with Crippen molar-refractivity contribution in [2.75, 3.05) is 0 Å². The molecule has 0 saturated heterocycles. The first-order chi connectivity index (χ1) is 11.0. The summed E-state index contributed by atoms with van der Waals surface area (Å²) in [6, 6.07) is 3.07. The van der Waals surface area contributed by atoms with E-state index < -0.39 is 40.1 Å². The van der Waals surface area contributed by atoms with E-state index in [9.17, 15) is 22.8 Å². The smallest absolute Gasteiger partial charge is 0.324 e. The van der Waals surface area contributed by atoms with Crippen molar-refractivity contribution in [2.24, 2.45) is 5.73 Å². The maximum atomic E-state index is 12.1. The molecular weight excluding hydrogens is 362 g/mol. The molecule has 0 aliphatic rings. The zero-order valence-corrected chi connectivity index (χ0v) is 14.3. The standard InChI is InChI=1S/C13H16ClN3O6S/c1-7(12(19)23-8(2)11(18)16-13(15)20)17-24(21,22)10-5-3-4-9(14)6-10/h3-8,17H,1-2H3,(H3,15,16,18,20)/t7-,8+/m0/s1. The van der Waals surface area contributed by atoms with E-state index in [4.69, 9.17) is 22.1 Å². The first-order valence-electron chi connectivity index (χ1n) is 6.61. The molecule has 0 fully saturated rings. The van der Waals surface area contributed by atoms with E-state index in [0.29, 0.717) is 0 Å². The van der Waals surface area contributed by atoms with Gasteiger partial charge in [0.05, 0.1) is 4.90 Å². The molecule has 1 aromatic carbocycles. The summed E-state index contributed by atoms with van der Waals surface area (Å²) in [5.74, 6) is -1.94. The second kappa shape index (κ2) is 8.08. The number of imide groups is 1. The van der Waals surface area contributed by atoms with Crippen molar-refractivity contribution in [2.45, 2.75) is 30.9 Å². The van der Waals surface area contributed by atoms with Crippen LogP contribution >= 0.6 is 11.6 Å². The number of carbonyl (C=O) groups is 3. The third kappa shape index (κ3) is 5.80. The van der Waals surface area contributed by atoms with Gasteiger partial charge in [-0.05, 0) is 32.0 Å². The summed E-state index contributed by atoms with van der Waals surface area (Å²) >= 11 is 5.73. The lowest BCUT2D eigenvalue weighted by atomic mass is 10.3. The molecule has 1 rings (SSSR count). The van der Waals surface area contributed by atoms with Crippen molar-refractivity contribution in [3.63, 3.8) is 0 Å². The highest BCUT2D eigenvalue weighted by Gasteiger charge is 2.26. The average molecular weight is 378 g/mol. The molecule has 0 aliphatic heterocycles. The highest BCUT2D eigenvalue weighted by atomic mass is 35.5. The molecule has 0 radical (unpaired) electrons. The number of halogens is 1. The minimum atomic E-state index is -4.01. The zero-order chi connectivity index (χ0) is 18.5. The molecule has 1 aromatic rings. The molecule has 0 spiro atoms. The van der Waals surface area contributed by atoms with Crippen LogP contribution in [0.2, 0.25) is 5.02 Å². The Hall–Kier alpha value is -2.17. The second-order valence-electron chi connectivity index (χ2n) is 4.73. The number of rotatable bonds is 6. The van der Waals surface area contributed by atoms with E-state index in [1.807, 2.05) is 0 Å². The lowest BCUT2D eigenvalue weighted by molar-refractivity contribution is -0.155. The van der Waals surface area contributed by atoms with Crippen LogP contribution < -0.4 is 15.8 Å². The van der Waals surface area contributed by atoms with Gasteiger partial charge in [-0.15, -0.1) is 0 Å². The third-order valence-electron chi connectivity index (χ3n) is 2.70. The number of sulfonamides is 1. The first-order valence-corrected chi connectivity index (χ1v) is 8.47. The number of hydrogen-bond acceptors (Lipinski definition) is 6. The summed E-state index contributed by atoms with van der Waals surface area (Å²) in [4.78, 5) is 33.7. The molecule has 3 amide bonds. The summed E-state index contributed by atoms with van der Waals surface area (Å²) in [6.45, 7) is 2.44. The monoisotopic (exact) mass is 377 g/mol. The molecule has 0 aliphatic carbocycles. The maximum absolute atomic E-state index is 12.1. The molecule has 9 nitrogen and oxygen atoms in total. The second-order valence-corrected chi connectivity index (χ2v) is 6.88. The number of esters is 1. The average Bonchev–Trinajstić information content (AvgIpc) is 2.45. The molecule has 132 valence electrons. The number of primary amides is 1. The number of hydrogen-bond donors (Lipinski definition) is 3. The van der Waals surface area contributed by atoms with Crippen LogP contribution in [0, 0.1) is 0 Å². The van der Waals surface area contributed by atoms with Gasteiger partial charge in [0, 0.05) is 5.02 Å². The van der Waals surface area contributed by atoms with Gasteiger partial charge in [0.25, 0.3) is 5.91 Å². The van der Waals surface area contributed by atoms with Crippen LogP contribution in [0.5, 0.6) is 0 Å². The predicted octanol–water partition coefficient (Wildman–Crippen LogP) is 0.133. The van der Waals surface area contributed by atoms with Crippen LogP contribution in [0.15, 0.2) is 29.2 Å². The van der Waals surface area contributed by atoms with Crippen LogP contribution in [0.3, 0.4) is 0 Å². The minimum absolute atomic E-state index is 0.130. The molecule has 11 heteroatoms. The highest BCUT2D eigenvalue weighted by molar-refractivity contribution is 7.89. The summed E-state index contributed by atoms with van der Waals surface area (Å²) in [5, 5.41) is 1.95. The quantitative estimate of drug-likeness (QED) is 0.601. The van der Waals surface area contributed by atoms with E-state index >= 15 is 0 Å². The van der Waals surface area contributed by atoms with Crippen molar-refractivity contribution in [1.29, 1.82) is 0 Å². The molecule has 2 atom stereocenters. The van der Waals surface area contributed by atoms with Crippen molar-refractivity contribution >= 4 is 39.5 Å². The Morgan fingerprint density at radius 3 is 2.42 bits per heavy atom. The zero-order valence-electron chi connectivity index (χ0n) is 12.8. The fourth-order valence-corrected chi connectivity index (χ4v) is 3.03. The van der Waals surface area contributed by atoms with Crippen LogP contribution in [0.1, 0.15) is 13.8 Å². The van der Waals surface area contributed by atoms with Crippen molar-refractivity contribution in [1.82, 2.24) is 10.0 Å². The number of amides is 3. The highest BCUT2D eigenvalue weighted by Crippen LogP contribution is 2.15. The number of ether oxygens (including phenoxy) is 1. The van der Waals surface area contributed by atoms with E-state index in [1.54, 1.807) is 5.32 Å². The summed E-state index contributed by atoms with van der Waals surface area (Å²) < 4.78 is 31.2. The Bertz CT molecular complexity index is 752. The van der Waals surface area contributed by atoms with Gasteiger partial charge in [0.1, 0.15) is 6.04 Å². The number of urea groups is 1. The van der Waals surface area contributed by atoms with Gasteiger partial charge < -0.3 is 10.5 Å². The SMILES string of the molecule is C[C@H](NS(=O)(=O)c1cccc(Cl)c1)C(=O)O[C@H](C)C(=O)NC(N)=O. The van der Waals surface area contributed by atoms with E-state index in [-0.39, 0.29) is 9.92 Å². The molecule has 0 saturated carbocycles. The van der Waals surface area contributed by atoms with E-state index in [0.717, 1.165) is 0 Å². The van der Waals surface area contributed by atoms with E-state index in [2.05, 4.69) is 4.72 Å². The topological polar surface area (TPSA) is 145 Å². The van der Waals surface area contributed by atoms with Gasteiger partial charge in [-0.25, -0.2) is 13.2 Å². The molecular formula is C13H16ClN3O6S. The molecule has 24 heavy (non-hydrogen) atoms. The number of nitrogens with two attached hydrogens (primary N) is 1. The third-order valence-corrected chi connectivity index (χ3v) is 4.47. The lowest BCUT2D eigenvalue weighted by Crippen LogP contribution is -2.45. The molecule has 4 N–H and O–H groups in total. The number of benzene rings is 1. The van der Waals surface area contributed by atoms with Gasteiger partial charge >= 0.3 is 12.0 Å². The van der Waals surface area contributed by atoms with Gasteiger partial charge in [-0.1, -0.05) is 17.7 Å². The van der Waals surface area contributed by atoms with Gasteiger partial charge in [-0.2, -0.15) is 4.72 Å². The van der Waals surface area contributed by atoms with Crippen molar-refractivity contribution < 1.29 is 27.5 Å². The number of nitrogens with one attached hydrogen (secondary N) is 2.